The minimum atomic E-state index is -0.0224. The lowest BCUT2D eigenvalue weighted by atomic mass is 9.72. The fourth-order valence-corrected chi connectivity index (χ4v) is 4.84. The van der Waals surface area contributed by atoms with E-state index in [0.717, 1.165) is 48.1 Å². The molecule has 0 saturated carbocycles. The highest BCUT2D eigenvalue weighted by Gasteiger charge is 2.32. The van der Waals surface area contributed by atoms with Crippen LogP contribution in [0.4, 0.5) is 0 Å². The van der Waals surface area contributed by atoms with E-state index in [1.165, 1.54) is 0 Å². The van der Waals surface area contributed by atoms with Gasteiger partial charge in [-0.3, -0.25) is 0 Å². The van der Waals surface area contributed by atoms with Crippen molar-refractivity contribution in [3.8, 4) is 23.0 Å². The van der Waals surface area contributed by atoms with Crippen molar-refractivity contribution in [2.45, 2.75) is 60.3 Å². The summed E-state index contributed by atoms with van der Waals surface area (Å²) in [6.45, 7) is 20.6. The molecule has 6 nitrogen and oxygen atoms in total. The second kappa shape index (κ2) is 14.7. The van der Waals surface area contributed by atoms with Crippen molar-refractivity contribution in [1.29, 1.82) is 0 Å². The van der Waals surface area contributed by atoms with Gasteiger partial charge in [0.1, 0.15) is 0 Å². The van der Waals surface area contributed by atoms with Gasteiger partial charge in [0.25, 0.3) is 0 Å². The standard InChI is InChI=1S/C34H49NO5/c1-11-27(32(35)26-16-17-28(36-8)30(22-26)37-9)25-15-18-29(31(21-25)38-10)40-20-14-13-19-39-24(3)34(7,12-2)23-33(4,5)6/h11,15-18,21-22H,1,3,12-14,19-20,23,35H2,2,4-10H3/b32-27-. The summed E-state index contributed by atoms with van der Waals surface area (Å²) in [5.74, 6) is 3.42. The number of allylic oxidation sites excluding steroid dienone is 3. The smallest absolute Gasteiger partial charge is 0.161 e. The van der Waals surface area contributed by atoms with E-state index in [1.54, 1.807) is 27.4 Å². The number of methoxy groups -OCH3 is 3. The average Bonchev–Trinajstić information content (AvgIpc) is 2.93. The van der Waals surface area contributed by atoms with Gasteiger partial charge >= 0.3 is 0 Å². The molecule has 2 N–H and O–H groups in total. The molecule has 0 aliphatic rings. The quantitative estimate of drug-likeness (QED) is 0.0980. The Morgan fingerprint density at radius 1 is 0.825 bits per heavy atom. The lowest BCUT2D eigenvalue weighted by Gasteiger charge is -2.36. The van der Waals surface area contributed by atoms with E-state index in [4.69, 9.17) is 29.4 Å². The first-order chi connectivity index (χ1) is 18.9. The average molecular weight is 552 g/mol. The molecule has 2 aromatic carbocycles. The third kappa shape index (κ3) is 8.73. The van der Waals surface area contributed by atoms with Crippen LogP contribution in [0.1, 0.15) is 71.4 Å². The largest absolute Gasteiger partial charge is 0.498 e. The molecule has 0 heterocycles. The fraction of sp³-hybridized carbons (Fsp3) is 0.471. The van der Waals surface area contributed by atoms with Gasteiger partial charge in [-0.2, -0.15) is 0 Å². The van der Waals surface area contributed by atoms with Crippen LogP contribution in [-0.4, -0.2) is 34.5 Å². The molecule has 220 valence electrons. The van der Waals surface area contributed by atoms with Crippen LogP contribution in [0, 0.1) is 10.8 Å². The van der Waals surface area contributed by atoms with E-state index in [1.807, 2.05) is 36.4 Å². The Kier molecular flexibility index (Phi) is 12.0. The summed E-state index contributed by atoms with van der Waals surface area (Å²) in [7, 11) is 4.83. The maximum atomic E-state index is 6.56. The molecule has 0 aliphatic carbocycles. The minimum Gasteiger partial charge on any atom is -0.498 e. The summed E-state index contributed by atoms with van der Waals surface area (Å²) < 4.78 is 28.5. The minimum absolute atomic E-state index is 0.0224. The Bertz CT molecular complexity index is 1180. The molecule has 0 amide bonds. The highest BCUT2D eigenvalue weighted by Crippen LogP contribution is 2.41. The molecule has 0 spiro atoms. The van der Waals surface area contributed by atoms with Gasteiger partial charge in [-0.25, -0.2) is 0 Å². The maximum absolute atomic E-state index is 6.56. The fourth-order valence-electron chi connectivity index (χ4n) is 4.84. The van der Waals surface area contributed by atoms with E-state index in [2.05, 4.69) is 47.8 Å². The van der Waals surface area contributed by atoms with Crippen LogP contribution in [0.5, 0.6) is 23.0 Å². The summed E-state index contributed by atoms with van der Waals surface area (Å²) in [6, 6.07) is 11.3. The molecule has 2 rings (SSSR count). The van der Waals surface area contributed by atoms with Crippen molar-refractivity contribution in [1.82, 2.24) is 0 Å². The van der Waals surface area contributed by atoms with Crippen LogP contribution in [0.2, 0.25) is 0 Å². The summed E-state index contributed by atoms with van der Waals surface area (Å²) in [6.07, 6.45) is 5.51. The van der Waals surface area contributed by atoms with E-state index >= 15 is 0 Å². The third-order valence-electron chi connectivity index (χ3n) is 7.11. The SMILES string of the molecule is C=C/C(=C(/N)c1ccc(OC)c(OC)c1)c1ccc(OCCCCOC(=C)C(C)(CC)CC(C)(C)C)c(OC)c1. The van der Waals surface area contributed by atoms with Crippen molar-refractivity contribution < 1.29 is 23.7 Å². The van der Waals surface area contributed by atoms with Gasteiger partial charge in [0.05, 0.1) is 40.3 Å². The Labute approximate surface area is 241 Å². The predicted octanol–water partition coefficient (Wildman–Crippen LogP) is 8.27. The number of ether oxygens (including phenoxy) is 5. The molecule has 40 heavy (non-hydrogen) atoms. The Balaban J connectivity index is 2.03. The van der Waals surface area contributed by atoms with E-state index in [0.29, 0.717) is 41.9 Å². The van der Waals surface area contributed by atoms with E-state index in [-0.39, 0.29) is 10.8 Å². The van der Waals surface area contributed by atoms with Crippen molar-refractivity contribution >= 4 is 11.3 Å². The van der Waals surface area contributed by atoms with Crippen molar-refractivity contribution in [3.05, 3.63) is 72.5 Å². The van der Waals surface area contributed by atoms with Crippen molar-refractivity contribution in [2.24, 2.45) is 16.6 Å². The zero-order valence-corrected chi connectivity index (χ0v) is 25.8. The second-order valence-electron chi connectivity index (χ2n) is 11.4. The third-order valence-corrected chi connectivity index (χ3v) is 7.11. The Morgan fingerprint density at radius 3 is 1.95 bits per heavy atom. The highest BCUT2D eigenvalue weighted by molar-refractivity contribution is 5.94. The number of hydrogen-bond acceptors (Lipinski definition) is 6. The molecule has 0 aliphatic heterocycles. The molecular weight excluding hydrogens is 502 g/mol. The lowest BCUT2D eigenvalue weighted by Crippen LogP contribution is -2.26. The van der Waals surface area contributed by atoms with Crippen molar-refractivity contribution in [2.75, 3.05) is 34.5 Å². The van der Waals surface area contributed by atoms with E-state index in [9.17, 15) is 0 Å². The number of unbranched alkanes of at least 4 members (excludes halogenated alkanes) is 1. The number of nitrogens with two attached hydrogens (primary N) is 1. The molecule has 6 heteroatoms. The maximum Gasteiger partial charge on any atom is 0.161 e. The Hall–Kier alpha value is -3.54. The summed E-state index contributed by atoms with van der Waals surface area (Å²) in [5, 5.41) is 0. The number of benzene rings is 2. The van der Waals surface area contributed by atoms with Crippen LogP contribution in [-0.2, 0) is 4.74 Å². The molecule has 1 unspecified atom stereocenters. The summed E-state index contributed by atoms with van der Waals surface area (Å²) in [5.41, 5.74) is 9.77. The molecule has 0 bridgehead atoms. The van der Waals surface area contributed by atoms with Crippen LogP contribution in [0.15, 0.2) is 61.4 Å². The first kappa shape index (κ1) is 32.7. The van der Waals surface area contributed by atoms with Gasteiger partial charge in [0.2, 0.25) is 0 Å². The van der Waals surface area contributed by atoms with Crippen LogP contribution < -0.4 is 24.7 Å². The summed E-state index contributed by atoms with van der Waals surface area (Å²) in [4.78, 5) is 0. The van der Waals surface area contributed by atoms with Gasteiger partial charge in [-0.05, 0) is 67.0 Å². The second-order valence-corrected chi connectivity index (χ2v) is 11.4. The lowest BCUT2D eigenvalue weighted by molar-refractivity contribution is 0.0959. The zero-order chi connectivity index (χ0) is 29.9. The number of hydrogen-bond donors (Lipinski definition) is 1. The first-order valence-corrected chi connectivity index (χ1v) is 13.9. The van der Waals surface area contributed by atoms with Crippen LogP contribution in [0.25, 0.3) is 11.3 Å². The monoisotopic (exact) mass is 551 g/mol. The highest BCUT2D eigenvalue weighted by atomic mass is 16.5. The molecule has 0 aromatic heterocycles. The first-order valence-electron chi connectivity index (χ1n) is 13.9. The Morgan fingerprint density at radius 2 is 1.38 bits per heavy atom. The zero-order valence-electron chi connectivity index (χ0n) is 25.8. The molecule has 2 aromatic rings. The molecular formula is C34H49NO5. The molecule has 1 atom stereocenters. The van der Waals surface area contributed by atoms with Crippen molar-refractivity contribution in [3.63, 3.8) is 0 Å². The van der Waals surface area contributed by atoms with Crippen LogP contribution in [0.3, 0.4) is 0 Å². The van der Waals surface area contributed by atoms with Gasteiger partial charge in [-0.15, -0.1) is 0 Å². The van der Waals surface area contributed by atoms with E-state index < -0.39 is 0 Å². The topological polar surface area (TPSA) is 72.2 Å². The normalized spacial score (nSPS) is 13.5. The predicted molar refractivity (Wildman–Crippen MR) is 166 cm³/mol. The summed E-state index contributed by atoms with van der Waals surface area (Å²) >= 11 is 0. The van der Waals surface area contributed by atoms with Gasteiger partial charge in [-0.1, -0.05) is 59.9 Å². The van der Waals surface area contributed by atoms with Crippen LogP contribution >= 0.6 is 0 Å². The van der Waals surface area contributed by atoms with Gasteiger partial charge in [0, 0.05) is 22.2 Å². The molecule has 0 radical (unpaired) electrons. The molecule has 0 saturated heterocycles. The number of rotatable bonds is 16. The molecule has 0 fully saturated rings. The van der Waals surface area contributed by atoms with Gasteiger partial charge < -0.3 is 29.4 Å². The van der Waals surface area contributed by atoms with Gasteiger partial charge in [0.15, 0.2) is 23.0 Å².